The second-order valence-electron chi connectivity index (χ2n) is 4.53. The molecule has 1 aliphatic heterocycles. The van der Waals surface area contributed by atoms with Crippen molar-refractivity contribution in [3.63, 3.8) is 0 Å². The van der Waals surface area contributed by atoms with Crippen LogP contribution in [0.3, 0.4) is 0 Å². The highest BCUT2D eigenvalue weighted by atomic mass is 16.4. The highest BCUT2D eigenvalue weighted by Crippen LogP contribution is 2.32. The van der Waals surface area contributed by atoms with Gasteiger partial charge in [-0.3, -0.25) is 9.59 Å². The fourth-order valence-electron chi connectivity index (χ4n) is 2.17. The second kappa shape index (κ2) is 5.20. The number of hydrogen-bond donors (Lipinski definition) is 2. The molecule has 2 rings (SSSR count). The van der Waals surface area contributed by atoms with Crippen molar-refractivity contribution < 1.29 is 24.6 Å². The summed E-state index contributed by atoms with van der Waals surface area (Å²) in [5, 5.41) is 18.0. The molecule has 0 saturated carbocycles. The van der Waals surface area contributed by atoms with Gasteiger partial charge in [-0.25, -0.2) is 4.79 Å². The van der Waals surface area contributed by atoms with Crippen molar-refractivity contribution in [2.75, 3.05) is 29.9 Å². The lowest BCUT2D eigenvalue weighted by Crippen LogP contribution is -2.30. The molecule has 0 spiro atoms. The molecule has 0 atom stereocenters. The third-order valence-corrected chi connectivity index (χ3v) is 3.22. The fraction of sp³-hybridized carbons (Fsp3) is 0.308. The van der Waals surface area contributed by atoms with Crippen LogP contribution in [-0.4, -0.2) is 48.2 Å². The monoisotopic (exact) mass is 278 g/mol. The van der Waals surface area contributed by atoms with Crippen LogP contribution in [0.15, 0.2) is 18.2 Å². The quantitative estimate of drug-likeness (QED) is 0.842. The number of anilines is 2. The SMILES string of the molecule is CN1C(=O)CCN(CC(=O)O)c2cc(C(=O)O)ccc21. The minimum atomic E-state index is -1.10. The number of carboxylic acids is 2. The molecule has 0 unspecified atom stereocenters. The second-order valence-corrected chi connectivity index (χ2v) is 4.53. The lowest BCUT2D eigenvalue weighted by Gasteiger charge is -2.24. The summed E-state index contributed by atoms with van der Waals surface area (Å²) in [7, 11) is 1.59. The van der Waals surface area contributed by atoms with Crippen LogP contribution in [-0.2, 0) is 9.59 Å². The van der Waals surface area contributed by atoms with Crippen LogP contribution in [0, 0.1) is 0 Å². The smallest absolute Gasteiger partial charge is 0.335 e. The topological polar surface area (TPSA) is 98.2 Å². The summed E-state index contributed by atoms with van der Waals surface area (Å²) >= 11 is 0. The van der Waals surface area contributed by atoms with Crippen molar-refractivity contribution in [1.82, 2.24) is 0 Å². The molecular formula is C13H14N2O5. The zero-order chi connectivity index (χ0) is 14.9. The van der Waals surface area contributed by atoms with Gasteiger partial charge in [0.25, 0.3) is 0 Å². The van der Waals surface area contributed by atoms with Crippen molar-refractivity contribution >= 4 is 29.2 Å². The first-order chi connectivity index (χ1) is 9.40. The predicted octanol–water partition coefficient (Wildman–Crippen LogP) is 0.642. The summed E-state index contributed by atoms with van der Waals surface area (Å²) in [6, 6.07) is 4.32. The molecule has 2 N–H and O–H groups in total. The molecule has 7 nitrogen and oxygen atoms in total. The lowest BCUT2D eigenvalue weighted by atomic mass is 10.1. The normalized spacial score (nSPS) is 14.8. The number of rotatable bonds is 3. The van der Waals surface area contributed by atoms with E-state index in [1.807, 2.05) is 0 Å². The van der Waals surface area contributed by atoms with Crippen LogP contribution >= 0.6 is 0 Å². The molecule has 1 heterocycles. The Labute approximate surface area is 115 Å². The highest BCUT2D eigenvalue weighted by molar-refractivity contribution is 6.00. The number of aliphatic carboxylic acids is 1. The van der Waals surface area contributed by atoms with Gasteiger partial charge >= 0.3 is 11.9 Å². The molecule has 1 amide bonds. The van der Waals surface area contributed by atoms with Gasteiger partial charge in [-0.15, -0.1) is 0 Å². The summed E-state index contributed by atoms with van der Waals surface area (Å²) < 4.78 is 0. The van der Waals surface area contributed by atoms with Crippen LogP contribution in [0.4, 0.5) is 11.4 Å². The first-order valence-electron chi connectivity index (χ1n) is 6.01. The number of fused-ring (bicyclic) bond motifs is 1. The van der Waals surface area contributed by atoms with Crippen LogP contribution in [0.2, 0.25) is 0 Å². The summed E-state index contributed by atoms with van der Waals surface area (Å²) in [4.78, 5) is 36.7. The van der Waals surface area contributed by atoms with Crippen molar-refractivity contribution in [3.05, 3.63) is 23.8 Å². The average molecular weight is 278 g/mol. The molecule has 0 saturated heterocycles. The summed E-state index contributed by atoms with van der Waals surface area (Å²) in [5.74, 6) is -2.27. The summed E-state index contributed by atoms with van der Waals surface area (Å²) in [6.45, 7) is -0.0390. The van der Waals surface area contributed by atoms with Gasteiger partial charge in [-0.1, -0.05) is 0 Å². The molecule has 7 heteroatoms. The number of benzene rings is 1. The van der Waals surface area contributed by atoms with E-state index < -0.39 is 11.9 Å². The Hall–Kier alpha value is -2.57. The van der Waals surface area contributed by atoms with E-state index in [2.05, 4.69) is 0 Å². The maximum absolute atomic E-state index is 11.9. The standard InChI is InChI=1S/C13H14N2O5/c1-14-9-3-2-8(13(19)20)6-10(9)15(7-12(17)18)5-4-11(14)16/h2-3,6H,4-5,7H2,1H3,(H,17,18)(H,19,20). The molecule has 0 bridgehead atoms. The molecular weight excluding hydrogens is 264 g/mol. The van der Waals surface area contributed by atoms with Gasteiger partial charge in [-0.05, 0) is 18.2 Å². The summed E-state index contributed by atoms with van der Waals surface area (Å²) in [5.41, 5.74) is 1.02. The van der Waals surface area contributed by atoms with E-state index in [0.717, 1.165) is 0 Å². The molecule has 1 aromatic rings. The van der Waals surface area contributed by atoms with Gasteiger partial charge < -0.3 is 20.0 Å². The molecule has 0 aromatic heterocycles. The van der Waals surface area contributed by atoms with E-state index >= 15 is 0 Å². The Bertz CT molecular complexity index is 584. The van der Waals surface area contributed by atoms with Crippen molar-refractivity contribution in [2.45, 2.75) is 6.42 Å². The first kappa shape index (κ1) is 13.9. The number of carbonyl (C=O) groups is 3. The number of hydrogen-bond acceptors (Lipinski definition) is 4. The lowest BCUT2D eigenvalue weighted by molar-refractivity contribution is -0.135. The van der Waals surface area contributed by atoms with Gasteiger partial charge in [0.15, 0.2) is 0 Å². The Kier molecular flexibility index (Phi) is 3.60. The maximum atomic E-state index is 11.9. The van der Waals surface area contributed by atoms with Crippen LogP contribution in [0.1, 0.15) is 16.8 Å². The molecule has 20 heavy (non-hydrogen) atoms. The number of carboxylic acid groups (broad SMARTS) is 2. The Balaban J connectivity index is 2.53. The Morgan fingerprint density at radius 1 is 1.25 bits per heavy atom. The largest absolute Gasteiger partial charge is 0.480 e. The van der Waals surface area contributed by atoms with Crippen molar-refractivity contribution in [2.24, 2.45) is 0 Å². The minimum Gasteiger partial charge on any atom is -0.480 e. The van der Waals surface area contributed by atoms with Crippen LogP contribution in [0.25, 0.3) is 0 Å². The number of amides is 1. The van der Waals surface area contributed by atoms with E-state index in [1.54, 1.807) is 7.05 Å². The first-order valence-corrected chi connectivity index (χ1v) is 6.01. The van der Waals surface area contributed by atoms with Crippen molar-refractivity contribution in [1.29, 1.82) is 0 Å². The highest BCUT2D eigenvalue weighted by Gasteiger charge is 2.25. The van der Waals surface area contributed by atoms with Gasteiger partial charge in [0.1, 0.15) is 6.54 Å². The third kappa shape index (κ3) is 2.56. The van der Waals surface area contributed by atoms with E-state index in [4.69, 9.17) is 10.2 Å². The van der Waals surface area contributed by atoms with Crippen molar-refractivity contribution in [3.8, 4) is 0 Å². The van der Waals surface area contributed by atoms with Gasteiger partial charge in [0.2, 0.25) is 5.91 Å². The molecule has 0 aliphatic carbocycles. The van der Waals surface area contributed by atoms with E-state index in [1.165, 1.54) is 28.0 Å². The molecule has 1 aromatic carbocycles. The summed E-state index contributed by atoms with van der Waals surface area (Å²) in [6.07, 6.45) is 0.181. The molecule has 0 radical (unpaired) electrons. The molecule has 106 valence electrons. The van der Waals surface area contributed by atoms with Crippen LogP contribution in [0.5, 0.6) is 0 Å². The van der Waals surface area contributed by atoms with Gasteiger partial charge in [0.05, 0.1) is 16.9 Å². The average Bonchev–Trinajstić information content (AvgIpc) is 2.50. The third-order valence-electron chi connectivity index (χ3n) is 3.22. The number of carbonyl (C=O) groups excluding carboxylic acids is 1. The van der Waals surface area contributed by atoms with E-state index in [-0.39, 0.29) is 31.0 Å². The minimum absolute atomic E-state index is 0.0573. The predicted molar refractivity (Wildman–Crippen MR) is 71.3 cm³/mol. The number of aromatic carboxylic acids is 1. The molecule has 0 fully saturated rings. The fourth-order valence-corrected chi connectivity index (χ4v) is 2.17. The number of nitrogens with zero attached hydrogens (tertiary/aromatic N) is 2. The zero-order valence-corrected chi connectivity index (χ0v) is 10.9. The van der Waals surface area contributed by atoms with Crippen LogP contribution < -0.4 is 9.80 Å². The zero-order valence-electron chi connectivity index (χ0n) is 10.9. The Morgan fingerprint density at radius 3 is 2.55 bits per heavy atom. The maximum Gasteiger partial charge on any atom is 0.335 e. The van der Waals surface area contributed by atoms with Gasteiger partial charge in [0, 0.05) is 20.0 Å². The Morgan fingerprint density at radius 2 is 1.95 bits per heavy atom. The van der Waals surface area contributed by atoms with E-state index in [9.17, 15) is 14.4 Å². The van der Waals surface area contributed by atoms with E-state index in [0.29, 0.717) is 11.4 Å². The molecule has 1 aliphatic rings. The van der Waals surface area contributed by atoms with Gasteiger partial charge in [-0.2, -0.15) is 0 Å².